The molecule has 1 amide bonds. The van der Waals surface area contributed by atoms with Crippen LogP contribution in [0.5, 0.6) is 0 Å². The molecule has 12 heteroatoms. The maximum atomic E-state index is 12.8. The van der Waals surface area contributed by atoms with Crippen molar-refractivity contribution in [2.24, 2.45) is 0 Å². The number of carbonyl (C=O) groups is 1. The van der Waals surface area contributed by atoms with Gasteiger partial charge in [0.1, 0.15) is 20.9 Å². The number of anilines is 1. The van der Waals surface area contributed by atoms with E-state index in [0.717, 1.165) is 21.9 Å². The van der Waals surface area contributed by atoms with Crippen molar-refractivity contribution in [1.29, 1.82) is 0 Å². The predicted octanol–water partition coefficient (Wildman–Crippen LogP) is 4.88. The van der Waals surface area contributed by atoms with Gasteiger partial charge in [-0.15, -0.1) is 21.5 Å². The van der Waals surface area contributed by atoms with E-state index in [0.29, 0.717) is 20.7 Å². The van der Waals surface area contributed by atoms with Crippen LogP contribution in [0.1, 0.15) is 9.67 Å². The summed E-state index contributed by atoms with van der Waals surface area (Å²) in [6.07, 6.45) is 1.52. The van der Waals surface area contributed by atoms with Gasteiger partial charge < -0.3 is 5.32 Å². The highest BCUT2D eigenvalue weighted by molar-refractivity contribution is 7.22. The third-order valence-electron chi connectivity index (χ3n) is 4.29. The van der Waals surface area contributed by atoms with Gasteiger partial charge in [-0.05, 0) is 12.1 Å². The number of rotatable bonds is 4. The molecule has 30 heavy (non-hydrogen) atoms. The Balaban J connectivity index is 1.47. The van der Waals surface area contributed by atoms with Crippen LogP contribution in [-0.2, 0) is 0 Å². The average Bonchev–Trinajstić information content (AvgIpc) is 3.41. The largest absolute Gasteiger partial charge is 0.321 e. The summed E-state index contributed by atoms with van der Waals surface area (Å²) in [5.74, 6) is -0.439. The molecule has 148 valence electrons. The van der Waals surface area contributed by atoms with Gasteiger partial charge in [0.25, 0.3) is 11.6 Å². The molecule has 0 aliphatic heterocycles. The minimum absolute atomic E-state index is 0.0799. The molecule has 5 rings (SSSR count). The number of carbonyl (C=O) groups excluding carboxylic acids is 1. The molecule has 0 bridgehead atoms. The van der Waals surface area contributed by atoms with Crippen LogP contribution in [-0.4, -0.2) is 30.6 Å². The molecule has 3 aromatic heterocycles. The standard InChI is InChI=1S/C18H9ClN6O3S2/c19-13-11-5-2-6-12(25(27)28)14(11)29-15(13)16(26)21-10-4-1-3-9(7-10)17-23-24-8-20-22-18(24)30-17/h1-8H,(H,21,26). The summed E-state index contributed by atoms with van der Waals surface area (Å²) in [6, 6.07) is 11.8. The number of thiophene rings is 1. The molecule has 0 aliphatic rings. The fraction of sp³-hybridized carbons (Fsp3) is 0. The van der Waals surface area contributed by atoms with Crippen LogP contribution in [0.3, 0.4) is 0 Å². The normalized spacial score (nSPS) is 11.2. The van der Waals surface area contributed by atoms with Crippen molar-refractivity contribution in [1.82, 2.24) is 19.8 Å². The Morgan fingerprint density at radius 2 is 2.03 bits per heavy atom. The van der Waals surface area contributed by atoms with Crippen LogP contribution in [0.15, 0.2) is 48.8 Å². The third kappa shape index (κ3) is 3.09. The molecule has 2 aromatic carbocycles. The fourth-order valence-corrected chi connectivity index (χ4v) is 5.26. The summed E-state index contributed by atoms with van der Waals surface area (Å²) in [5, 5.41) is 27.6. The van der Waals surface area contributed by atoms with Crippen molar-refractivity contribution in [2.45, 2.75) is 0 Å². The van der Waals surface area contributed by atoms with E-state index in [1.807, 2.05) is 6.07 Å². The lowest BCUT2D eigenvalue weighted by molar-refractivity contribution is -0.382. The lowest BCUT2D eigenvalue weighted by Crippen LogP contribution is -2.10. The Hall–Kier alpha value is -3.41. The molecule has 0 unspecified atom stereocenters. The van der Waals surface area contributed by atoms with Crippen LogP contribution in [0.2, 0.25) is 5.02 Å². The van der Waals surface area contributed by atoms with E-state index >= 15 is 0 Å². The van der Waals surface area contributed by atoms with Gasteiger partial charge in [0, 0.05) is 22.7 Å². The second-order valence-electron chi connectivity index (χ2n) is 6.16. The molecule has 0 saturated heterocycles. The Kier molecular flexibility index (Phi) is 4.42. The number of nitro groups is 1. The quantitative estimate of drug-likeness (QED) is 0.304. The Morgan fingerprint density at radius 3 is 2.83 bits per heavy atom. The van der Waals surface area contributed by atoms with Gasteiger partial charge in [0.05, 0.1) is 9.95 Å². The second kappa shape index (κ2) is 7.13. The highest BCUT2D eigenvalue weighted by Gasteiger charge is 2.23. The summed E-state index contributed by atoms with van der Waals surface area (Å²) in [6.45, 7) is 0. The van der Waals surface area contributed by atoms with Crippen LogP contribution >= 0.6 is 34.3 Å². The molecule has 0 saturated carbocycles. The highest BCUT2D eigenvalue weighted by atomic mass is 35.5. The molecule has 0 spiro atoms. The number of amides is 1. The van der Waals surface area contributed by atoms with Gasteiger partial charge in [-0.2, -0.15) is 9.61 Å². The SMILES string of the molecule is O=C(Nc1cccc(-c2nn3cnnc3s2)c1)c1sc2c([N+](=O)[O-])cccc2c1Cl. The number of aromatic nitrogens is 4. The number of halogens is 1. The number of nitro benzene ring substituents is 1. The topological polar surface area (TPSA) is 115 Å². The molecular weight excluding hydrogens is 448 g/mol. The van der Waals surface area contributed by atoms with Gasteiger partial charge in [0.15, 0.2) is 0 Å². The van der Waals surface area contributed by atoms with Gasteiger partial charge in [-0.25, -0.2) is 0 Å². The number of hydrogen-bond donors (Lipinski definition) is 1. The van der Waals surface area contributed by atoms with Crippen LogP contribution in [0.25, 0.3) is 25.6 Å². The summed E-state index contributed by atoms with van der Waals surface area (Å²) in [7, 11) is 0. The zero-order valence-corrected chi connectivity index (χ0v) is 17.2. The van der Waals surface area contributed by atoms with E-state index in [9.17, 15) is 14.9 Å². The van der Waals surface area contributed by atoms with Crippen molar-refractivity contribution >= 4 is 66.6 Å². The maximum absolute atomic E-state index is 12.8. The van der Waals surface area contributed by atoms with Crippen molar-refractivity contribution < 1.29 is 9.72 Å². The van der Waals surface area contributed by atoms with E-state index in [1.165, 1.54) is 23.7 Å². The minimum Gasteiger partial charge on any atom is -0.321 e. The van der Waals surface area contributed by atoms with E-state index in [-0.39, 0.29) is 15.6 Å². The van der Waals surface area contributed by atoms with Crippen molar-refractivity contribution in [3.8, 4) is 10.6 Å². The number of nitrogens with zero attached hydrogens (tertiary/aromatic N) is 5. The number of nitrogens with one attached hydrogen (secondary N) is 1. The van der Waals surface area contributed by atoms with Crippen molar-refractivity contribution in [2.75, 3.05) is 5.32 Å². The average molecular weight is 457 g/mol. The van der Waals surface area contributed by atoms with Crippen LogP contribution in [0.4, 0.5) is 11.4 Å². The lowest BCUT2D eigenvalue weighted by Gasteiger charge is -2.05. The molecule has 3 heterocycles. The zero-order valence-electron chi connectivity index (χ0n) is 14.8. The number of non-ortho nitro benzene ring substituents is 1. The van der Waals surface area contributed by atoms with Crippen molar-refractivity contribution in [3.05, 3.63) is 68.8 Å². The smallest absolute Gasteiger partial charge is 0.287 e. The number of benzene rings is 2. The predicted molar refractivity (Wildman–Crippen MR) is 116 cm³/mol. The Bertz CT molecular complexity index is 1430. The minimum atomic E-state index is -0.485. The molecule has 9 nitrogen and oxygen atoms in total. The molecule has 1 N–H and O–H groups in total. The Labute approximate surface area is 180 Å². The number of hydrogen-bond acceptors (Lipinski definition) is 8. The summed E-state index contributed by atoms with van der Waals surface area (Å²) < 4.78 is 1.95. The third-order valence-corrected chi connectivity index (χ3v) is 6.98. The highest BCUT2D eigenvalue weighted by Crippen LogP contribution is 2.40. The molecule has 0 atom stereocenters. The van der Waals surface area contributed by atoms with Gasteiger partial charge in [-0.1, -0.05) is 47.2 Å². The van der Waals surface area contributed by atoms with Crippen molar-refractivity contribution in [3.63, 3.8) is 0 Å². The molecule has 5 aromatic rings. The molecule has 0 radical (unpaired) electrons. The Morgan fingerprint density at radius 1 is 1.20 bits per heavy atom. The first-order valence-corrected chi connectivity index (χ1v) is 10.5. The first-order chi connectivity index (χ1) is 14.5. The van der Waals surface area contributed by atoms with Gasteiger partial charge in [0.2, 0.25) is 4.96 Å². The van der Waals surface area contributed by atoms with Gasteiger partial charge in [-0.3, -0.25) is 14.9 Å². The van der Waals surface area contributed by atoms with Gasteiger partial charge >= 0.3 is 0 Å². The summed E-state index contributed by atoms with van der Waals surface area (Å²) in [4.78, 5) is 24.5. The van der Waals surface area contributed by atoms with E-state index in [1.54, 1.807) is 34.8 Å². The van der Waals surface area contributed by atoms with Crippen LogP contribution in [0, 0.1) is 10.1 Å². The van der Waals surface area contributed by atoms with E-state index in [2.05, 4.69) is 20.6 Å². The molecule has 0 aliphatic carbocycles. The second-order valence-corrected chi connectivity index (χ2v) is 8.51. The monoisotopic (exact) mass is 456 g/mol. The number of fused-ring (bicyclic) bond motifs is 2. The van der Waals surface area contributed by atoms with Crippen LogP contribution < -0.4 is 5.32 Å². The summed E-state index contributed by atoms with van der Waals surface area (Å²) in [5.41, 5.74) is 1.27. The summed E-state index contributed by atoms with van der Waals surface area (Å²) >= 11 is 8.73. The molecule has 0 fully saturated rings. The molecular formula is C18H9ClN6O3S2. The first kappa shape index (κ1) is 18.6. The lowest BCUT2D eigenvalue weighted by atomic mass is 10.2. The maximum Gasteiger partial charge on any atom is 0.287 e. The first-order valence-electron chi connectivity index (χ1n) is 8.45. The van der Waals surface area contributed by atoms with E-state index in [4.69, 9.17) is 11.6 Å². The zero-order chi connectivity index (χ0) is 20.8. The van der Waals surface area contributed by atoms with E-state index < -0.39 is 10.8 Å². The fourth-order valence-electron chi connectivity index (χ4n) is 2.96.